The van der Waals surface area contributed by atoms with E-state index in [1.54, 1.807) is 6.20 Å². The van der Waals surface area contributed by atoms with Gasteiger partial charge in [-0.2, -0.15) is 0 Å². The van der Waals surface area contributed by atoms with Gasteiger partial charge in [-0.05, 0) is 11.8 Å². The maximum Gasteiger partial charge on any atom is 0.356 e. The Hall–Kier alpha value is -1.65. The maximum absolute atomic E-state index is 11.2. The van der Waals surface area contributed by atoms with Crippen molar-refractivity contribution in [3.05, 3.63) is 17.7 Å². The highest BCUT2D eigenvalue weighted by atomic mass is 16.4. The first-order valence-electron chi connectivity index (χ1n) is 6.55. The van der Waals surface area contributed by atoms with Crippen LogP contribution in [0.5, 0.6) is 0 Å². The lowest BCUT2D eigenvalue weighted by Crippen LogP contribution is -2.16. The van der Waals surface area contributed by atoms with E-state index in [1.165, 1.54) is 0 Å². The fourth-order valence-corrected chi connectivity index (χ4v) is 1.54. The smallest absolute Gasteiger partial charge is 0.356 e. The Labute approximate surface area is 114 Å². The molecule has 5 nitrogen and oxygen atoms in total. The highest BCUT2D eigenvalue weighted by Crippen LogP contribution is 2.20. The van der Waals surface area contributed by atoms with Gasteiger partial charge in [-0.15, -0.1) is 0 Å². The van der Waals surface area contributed by atoms with Gasteiger partial charge >= 0.3 is 5.97 Å². The van der Waals surface area contributed by atoms with E-state index in [4.69, 9.17) is 0 Å². The molecule has 0 saturated carbocycles. The zero-order valence-electron chi connectivity index (χ0n) is 12.3. The Kier molecular flexibility index (Phi) is 4.86. The lowest BCUT2D eigenvalue weighted by Gasteiger charge is -2.19. The van der Waals surface area contributed by atoms with Crippen LogP contribution in [0.4, 0.5) is 5.69 Å². The summed E-state index contributed by atoms with van der Waals surface area (Å²) in [6.07, 6.45) is 2.51. The molecule has 0 atom stereocenters. The molecule has 19 heavy (non-hydrogen) atoms. The molecule has 0 unspecified atom stereocenters. The second-order valence-corrected chi connectivity index (χ2v) is 6.19. The van der Waals surface area contributed by atoms with Gasteiger partial charge in [0.25, 0.3) is 0 Å². The number of nitrogens with zero attached hydrogens (tertiary/aromatic N) is 2. The molecule has 2 N–H and O–H groups in total. The van der Waals surface area contributed by atoms with E-state index >= 15 is 0 Å². The van der Waals surface area contributed by atoms with Gasteiger partial charge in [0, 0.05) is 12.5 Å². The zero-order chi connectivity index (χ0) is 14.6. The summed E-state index contributed by atoms with van der Waals surface area (Å²) in [7, 11) is 0. The summed E-state index contributed by atoms with van der Waals surface area (Å²) in [5, 5.41) is 12.3. The molecule has 1 aromatic heterocycles. The minimum Gasteiger partial charge on any atom is -0.476 e. The molecule has 1 aromatic rings. The van der Waals surface area contributed by atoms with E-state index in [0.29, 0.717) is 18.1 Å². The second kappa shape index (κ2) is 5.99. The van der Waals surface area contributed by atoms with Crippen LogP contribution < -0.4 is 5.32 Å². The summed E-state index contributed by atoms with van der Waals surface area (Å²) in [6, 6.07) is 0. The lowest BCUT2D eigenvalue weighted by atomic mass is 9.92. The van der Waals surface area contributed by atoms with Crippen LogP contribution in [0.3, 0.4) is 0 Å². The number of hydrogen-bond acceptors (Lipinski definition) is 4. The van der Waals surface area contributed by atoms with E-state index in [2.05, 4.69) is 36.1 Å². The largest absolute Gasteiger partial charge is 0.476 e. The third kappa shape index (κ3) is 4.85. The number of carboxylic acid groups (broad SMARTS) is 1. The Morgan fingerprint density at radius 2 is 2.05 bits per heavy atom. The van der Waals surface area contributed by atoms with Crippen molar-refractivity contribution in [2.75, 3.05) is 11.9 Å². The molecule has 0 aliphatic heterocycles. The van der Waals surface area contributed by atoms with Gasteiger partial charge in [0.2, 0.25) is 0 Å². The first-order chi connectivity index (χ1) is 8.70. The van der Waals surface area contributed by atoms with Crippen LogP contribution in [0.25, 0.3) is 0 Å². The Balaban J connectivity index is 2.86. The monoisotopic (exact) mass is 265 g/mol. The van der Waals surface area contributed by atoms with Crippen molar-refractivity contribution >= 4 is 11.7 Å². The first-order valence-corrected chi connectivity index (χ1v) is 6.55. The van der Waals surface area contributed by atoms with Crippen LogP contribution in [0.2, 0.25) is 0 Å². The Morgan fingerprint density at radius 3 is 2.53 bits per heavy atom. The predicted molar refractivity (Wildman–Crippen MR) is 75.6 cm³/mol. The number of hydrogen-bond donors (Lipinski definition) is 2. The van der Waals surface area contributed by atoms with E-state index in [9.17, 15) is 9.90 Å². The van der Waals surface area contributed by atoms with Gasteiger partial charge in [-0.3, -0.25) is 0 Å². The van der Waals surface area contributed by atoms with Crippen LogP contribution in [0, 0.1) is 5.41 Å². The number of anilines is 1. The summed E-state index contributed by atoms with van der Waals surface area (Å²) >= 11 is 0. The quantitative estimate of drug-likeness (QED) is 0.855. The number of rotatable bonds is 5. The van der Waals surface area contributed by atoms with E-state index in [0.717, 1.165) is 6.42 Å². The van der Waals surface area contributed by atoms with Gasteiger partial charge in [0.15, 0.2) is 5.69 Å². The standard InChI is InChI=1S/C14H23N3O2/c1-9(2)12-16-8-10(11(17-12)13(18)19)15-7-6-14(3,4)5/h8-9,15H,6-7H2,1-5H3,(H,18,19). The molecule has 5 heteroatoms. The Bertz CT molecular complexity index is 450. The average molecular weight is 265 g/mol. The van der Waals surface area contributed by atoms with Crippen LogP contribution in [0.15, 0.2) is 6.20 Å². The summed E-state index contributed by atoms with van der Waals surface area (Å²) in [5.41, 5.74) is 0.739. The van der Waals surface area contributed by atoms with Crippen LogP contribution >= 0.6 is 0 Å². The molecule has 0 fully saturated rings. The third-order valence-electron chi connectivity index (χ3n) is 2.72. The zero-order valence-corrected chi connectivity index (χ0v) is 12.3. The molecule has 0 bridgehead atoms. The fraction of sp³-hybridized carbons (Fsp3) is 0.643. The fourth-order valence-electron chi connectivity index (χ4n) is 1.54. The van der Waals surface area contributed by atoms with Crippen molar-refractivity contribution in [2.24, 2.45) is 5.41 Å². The summed E-state index contributed by atoms with van der Waals surface area (Å²) in [6.45, 7) is 11.0. The molecule has 0 radical (unpaired) electrons. The van der Waals surface area contributed by atoms with Gasteiger partial charge in [0.05, 0.1) is 11.9 Å². The molecule has 0 saturated heterocycles. The minimum absolute atomic E-state index is 0.0487. The number of carbonyl (C=O) groups is 1. The topological polar surface area (TPSA) is 75.1 Å². The third-order valence-corrected chi connectivity index (χ3v) is 2.72. The molecule has 106 valence electrons. The predicted octanol–water partition coefficient (Wildman–Crippen LogP) is 3.15. The van der Waals surface area contributed by atoms with E-state index in [1.807, 2.05) is 13.8 Å². The van der Waals surface area contributed by atoms with E-state index < -0.39 is 5.97 Å². The first kappa shape index (κ1) is 15.4. The van der Waals surface area contributed by atoms with Crippen LogP contribution in [0.1, 0.15) is 63.3 Å². The van der Waals surface area contributed by atoms with Crippen molar-refractivity contribution in [1.29, 1.82) is 0 Å². The molecular weight excluding hydrogens is 242 g/mol. The maximum atomic E-state index is 11.2. The lowest BCUT2D eigenvalue weighted by molar-refractivity contribution is 0.0691. The minimum atomic E-state index is -1.03. The van der Waals surface area contributed by atoms with Crippen molar-refractivity contribution in [3.8, 4) is 0 Å². The van der Waals surface area contributed by atoms with Crippen molar-refractivity contribution in [2.45, 2.75) is 47.0 Å². The van der Waals surface area contributed by atoms with Gasteiger partial charge < -0.3 is 10.4 Å². The Morgan fingerprint density at radius 1 is 1.42 bits per heavy atom. The highest BCUT2D eigenvalue weighted by molar-refractivity contribution is 5.91. The van der Waals surface area contributed by atoms with Crippen LogP contribution in [-0.4, -0.2) is 27.6 Å². The number of aromatic carboxylic acids is 1. The van der Waals surface area contributed by atoms with Crippen molar-refractivity contribution < 1.29 is 9.90 Å². The molecule has 0 amide bonds. The molecule has 1 rings (SSSR count). The number of carboxylic acids is 1. The highest BCUT2D eigenvalue weighted by Gasteiger charge is 2.16. The normalized spacial score (nSPS) is 11.7. The van der Waals surface area contributed by atoms with Crippen molar-refractivity contribution in [3.63, 3.8) is 0 Å². The molecule has 0 spiro atoms. The molecule has 0 aromatic carbocycles. The van der Waals surface area contributed by atoms with Gasteiger partial charge in [-0.1, -0.05) is 34.6 Å². The van der Waals surface area contributed by atoms with Crippen molar-refractivity contribution in [1.82, 2.24) is 9.97 Å². The summed E-state index contributed by atoms with van der Waals surface area (Å²) in [5.74, 6) is -0.358. The molecule has 1 heterocycles. The molecule has 0 aliphatic rings. The van der Waals surface area contributed by atoms with Gasteiger partial charge in [0.1, 0.15) is 5.82 Å². The molecule has 0 aliphatic carbocycles. The summed E-state index contributed by atoms with van der Waals surface area (Å²) < 4.78 is 0. The second-order valence-electron chi connectivity index (χ2n) is 6.19. The SMILES string of the molecule is CC(C)c1ncc(NCCC(C)(C)C)c(C(=O)O)n1. The molecular formula is C14H23N3O2. The van der Waals surface area contributed by atoms with Gasteiger partial charge in [-0.25, -0.2) is 14.8 Å². The van der Waals surface area contributed by atoms with E-state index in [-0.39, 0.29) is 17.0 Å². The number of nitrogens with one attached hydrogen (secondary N) is 1. The van der Waals surface area contributed by atoms with Crippen LogP contribution in [-0.2, 0) is 0 Å². The average Bonchev–Trinajstić information content (AvgIpc) is 2.27. The number of aromatic nitrogens is 2. The summed E-state index contributed by atoms with van der Waals surface area (Å²) in [4.78, 5) is 19.5.